The van der Waals surface area contributed by atoms with Crippen molar-refractivity contribution >= 4 is 6.03 Å². The summed E-state index contributed by atoms with van der Waals surface area (Å²) >= 11 is 0. The number of ether oxygens (including phenoxy) is 2. The normalized spacial score (nSPS) is 20.3. The molecule has 2 aliphatic carbocycles. The van der Waals surface area contributed by atoms with Gasteiger partial charge in [0, 0.05) is 18.5 Å². The van der Waals surface area contributed by atoms with Gasteiger partial charge >= 0.3 is 6.03 Å². The van der Waals surface area contributed by atoms with Gasteiger partial charge in [0.15, 0.2) is 11.5 Å². The zero-order valence-electron chi connectivity index (χ0n) is 14.7. The number of aryl methyl sites for hydroxylation is 1. The molecule has 1 aromatic carbocycles. The Balaban J connectivity index is 1.57. The van der Waals surface area contributed by atoms with Gasteiger partial charge < -0.3 is 20.1 Å². The van der Waals surface area contributed by atoms with Crippen molar-refractivity contribution < 1.29 is 14.3 Å². The van der Waals surface area contributed by atoms with Crippen molar-refractivity contribution in [3.8, 4) is 11.5 Å². The number of hydrogen-bond acceptors (Lipinski definition) is 3. The molecule has 5 nitrogen and oxygen atoms in total. The molecule has 132 valence electrons. The minimum absolute atomic E-state index is 0.0316. The van der Waals surface area contributed by atoms with E-state index in [1.807, 2.05) is 0 Å². The fourth-order valence-corrected chi connectivity index (χ4v) is 3.93. The number of carbonyl (C=O) groups excluding carboxylic acids is 1. The zero-order chi connectivity index (χ0) is 16.9. The fraction of sp³-hybridized carbons (Fsp3) is 0.632. The molecule has 0 aliphatic heterocycles. The second-order valence-corrected chi connectivity index (χ2v) is 6.83. The summed E-state index contributed by atoms with van der Waals surface area (Å²) in [5.74, 6) is 1.88. The standard InChI is InChI=1S/C19H28N2O3/c1-23-17-10-13-8-9-14(16(13)11-18(17)24-2)12-20-19(22)21-15-6-4-3-5-7-15/h10-11,14-15H,3-9,12H2,1-2H3,(H2,20,21,22). The van der Waals surface area contributed by atoms with E-state index in [2.05, 4.69) is 22.8 Å². The molecule has 1 saturated carbocycles. The predicted molar refractivity (Wildman–Crippen MR) is 94.0 cm³/mol. The summed E-state index contributed by atoms with van der Waals surface area (Å²) in [6, 6.07) is 4.44. The van der Waals surface area contributed by atoms with E-state index in [-0.39, 0.29) is 6.03 Å². The van der Waals surface area contributed by atoms with E-state index in [9.17, 15) is 4.79 Å². The van der Waals surface area contributed by atoms with Crippen molar-refractivity contribution in [3.63, 3.8) is 0 Å². The summed E-state index contributed by atoms with van der Waals surface area (Å²) in [6.45, 7) is 0.668. The number of benzene rings is 1. The van der Waals surface area contributed by atoms with Crippen molar-refractivity contribution in [1.29, 1.82) is 0 Å². The molecule has 0 aromatic heterocycles. The molecule has 3 rings (SSSR count). The van der Waals surface area contributed by atoms with E-state index < -0.39 is 0 Å². The number of urea groups is 1. The number of fused-ring (bicyclic) bond motifs is 1. The molecule has 1 aromatic rings. The average Bonchev–Trinajstić information content (AvgIpc) is 3.01. The first-order valence-corrected chi connectivity index (χ1v) is 9.00. The van der Waals surface area contributed by atoms with Crippen LogP contribution < -0.4 is 20.1 Å². The lowest BCUT2D eigenvalue weighted by Crippen LogP contribution is -2.43. The lowest BCUT2D eigenvalue weighted by molar-refractivity contribution is 0.232. The highest BCUT2D eigenvalue weighted by atomic mass is 16.5. The maximum absolute atomic E-state index is 12.1. The Hall–Kier alpha value is -1.91. The van der Waals surface area contributed by atoms with Crippen molar-refractivity contribution in [2.45, 2.75) is 56.9 Å². The van der Waals surface area contributed by atoms with Crippen LogP contribution in [-0.2, 0) is 6.42 Å². The number of amides is 2. The highest BCUT2D eigenvalue weighted by Crippen LogP contribution is 2.40. The largest absolute Gasteiger partial charge is 0.493 e. The van der Waals surface area contributed by atoms with Gasteiger partial charge in [-0.2, -0.15) is 0 Å². The lowest BCUT2D eigenvalue weighted by atomic mass is 9.96. The third kappa shape index (κ3) is 3.77. The highest BCUT2D eigenvalue weighted by Gasteiger charge is 2.25. The van der Waals surface area contributed by atoms with Gasteiger partial charge in [-0.25, -0.2) is 4.79 Å². The van der Waals surface area contributed by atoms with E-state index in [1.54, 1.807) is 14.2 Å². The quantitative estimate of drug-likeness (QED) is 0.869. The number of hydrogen-bond donors (Lipinski definition) is 2. The molecule has 0 heterocycles. The van der Waals surface area contributed by atoms with E-state index in [0.717, 1.165) is 37.2 Å². The van der Waals surface area contributed by atoms with E-state index >= 15 is 0 Å². The second-order valence-electron chi connectivity index (χ2n) is 6.83. The second kappa shape index (κ2) is 7.77. The van der Waals surface area contributed by atoms with Crippen LogP contribution in [0.1, 0.15) is 55.6 Å². The van der Waals surface area contributed by atoms with Gasteiger partial charge in [0.2, 0.25) is 0 Å². The summed E-state index contributed by atoms with van der Waals surface area (Å²) in [7, 11) is 3.32. The van der Waals surface area contributed by atoms with Crippen LogP contribution in [0.2, 0.25) is 0 Å². The molecule has 0 saturated heterocycles. The Bertz CT molecular complexity index is 582. The molecule has 1 unspecified atom stereocenters. The molecule has 1 fully saturated rings. The van der Waals surface area contributed by atoms with Crippen molar-refractivity contribution in [3.05, 3.63) is 23.3 Å². The Morgan fingerprint density at radius 2 is 1.79 bits per heavy atom. The molecule has 2 aliphatic rings. The summed E-state index contributed by atoms with van der Waals surface area (Å²) in [5.41, 5.74) is 2.57. The number of nitrogens with one attached hydrogen (secondary N) is 2. The summed E-state index contributed by atoms with van der Waals surface area (Å²) in [5, 5.41) is 6.17. The molecule has 2 N–H and O–H groups in total. The Morgan fingerprint density at radius 1 is 1.08 bits per heavy atom. The molecule has 1 atom stereocenters. The lowest BCUT2D eigenvalue weighted by Gasteiger charge is -2.23. The van der Waals surface area contributed by atoms with Crippen LogP contribution in [0.15, 0.2) is 12.1 Å². The van der Waals surface area contributed by atoms with Crippen LogP contribution >= 0.6 is 0 Å². The summed E-state index contributed by atoms with van der Waals surface area (Å²) in [4.78, 5) is 12.1. The van der Waals surface area contributed by atoms with E-state index in [1.165, 1.54) is 30.4 Å². The van der Waals surface area contributed by atoms with Crippen LogP contribution in [0.4, 0.5) is 4.79 Å². The van der Waals surface area contributed by atoms with Crippen molar-refractivity contribution in [1.82, 2.24) is 10.6 Å². The Morgan fingerprint density at radius 3 is 2.50 bits per heavy atom. The Labute approximate surface area is 144 Å². The molecular formula is C19H28N2O3. The third-order valence-corrected chi connectivity index (χ3v) is 5.30. The maximum Gasteiger partial charge on any atom is 0.315 e. The van der Waals surface area contributed by atoms with Gasteiger partial charge in [0.05, 0.1) is 14.2 Å². The molecule has 5 heteroatoms. The molecule has 0 spiro atoms. The van der Waals surface area contributed by atoms with Crippen LogP contribution in [0.25, 0.3) is 0 Å². The van der Waals surface area contributed by atoms with Gasteiger partial charge in [-0.1, -0.05) is 19.3 Å². The molecule has 0 radical (unpaired) electrons. The topological polar surface area (TPSA) is 59.6 Å². The number of rotatable bonds is 5. The van der Waals surface area contributed by atoms with E-state index in [0.29, 0.717) is 18.5 Å². The van der Waals surface area contributed by atoms with Gasteiger partial charge in [0.25, 0.3) is 0 Å². The number of methoxy groups -OCH3 is 2. The van der Waals surface area contributed by atoms with Gasteiger partial charge in [-0.05, 0) is 48.9 Å². The third-order valence-electron chi connectivity index (χ3n) is 5.30. The van der Waals surface area contributed by atoms with Crippen LogP contribution in [0, 0.1) is 0 Å². The minimum Gasteiger partial charge on any atom is -0.493 e. The minimum atomic E-state index is -0.0316. The predicted octanol–water partition coefficient (Wildman–Crippen LogP) is 3.37. The van der Waals surface area contributed by atoms with Crippen LogP contribution in [0.5, 0.6) is 11.5 Å². The first-order valence-electron chi connectivity index (χ1n) is 9.00. The van der Waals surface area contributed by atoms with Crippen molar-refractivity contribution in [2.75, 3.05) is 20.8 Å². The SMILES string of the molecule is COc1cc2c(cc1OC)C(CNC(=O)NC1CCCCC1)CC2. The smallest absolute Gasteiger partial charge is 0.315 e. The number of carbonyl (C=O) groups is 1. The van der Waals surface area contributed by atoms with Crippen molar-refractivity contribution in [2.24, 2.45) is 0 Å². The van der Waals surface area contributed by atoms with E-state index in [4.69, 9.17) is 9.47 Å². The first-order chi connectivity index (χ1) is 11.7. The Kier molecular flexibility index (Phi) is 5.48. The summed E-state index contributed by atoms with van der Waals surface area (Å²) in [6.07, 6.45) is 8.03. The van der Waals surface area contributed by atoms with Gasteiger partial charge in [-0.3, -0.25) is 0 Å². The zero-order valence-corrected chi connectivity index (χ0v) is 14.7. The van der Waals surface area contributed by atoms with Crippen LogP contribution in [-0.4, -0.2) is 32.8 Å². The fourth-order valence-electron chi connectivity index (χ4n) is 3.93. The average molecular weight is 332 g/mol. The first kappa shape index (κ1) is 16.9. The highest BCUT2D eigenvalue weighted by molar-refractivity contribution is 5.74. The maximum atomic E-state index is 12.1. The summed E-state index contributed by atoms with van der Waals surface area (Å²) < 4.78 is 10.8. The molecule has 24 heavy (non-hydrogen) atoms. The molecule has 0 bridgehead atoms. The van der Waals surface area contributed by atoms with Gasteiger partial charge in [-0.15, -0.1) is 0 Å². The van der Waals surface area contributed by atoms with Crippen LogP contribution in [0.3, 0.4) is 0 Å². The van der Waals surface area contributed by atoms with Gasteiger partial charge in [0.1, 0.15) is 0 Å². The molecular weight excluding hydrogens is 304 g/mol. The monoisotopic (exact) mass is 332 g/mol. The molecule has 2 amide bonds.